The molecule has 2 saturated heterocycles. The van der Waals surface area contributed by atoms with Gasteiger partial charge in [-0.2, -0.15) is 4.98 Å². The van der Waals surface area contributed by atoms with E-state index in [9.17, 15) is 34.7 Å². The van der Waals surface area contributed by atoms with Crippen LogP contribution in [0.5, 0.6) is 0 Å². The normalized spacial score (nSPS) is 31.3. The fraction of sp³-hybridized carbons (Fsp3) is 0.500. The van der Waals surface area contributed by atoms with E-state index >= 15 is 0 Å². The Bertz CT molecular complexity index is 1730. The highest BCUT2D eigenvalue weighted by Crippen LogP contribution is 2.50. The van der Waals surface area contributed by atoms with Crippen LogP contribution in [0, 0.1) is 0 Å². The number of H-pyrrole nitrogens is 1. The number of phosphoric ester groups is 1. The Morgan fingerprint density at radius 2 is 1.69 bits per heavy atom. The number of nitrogens with two attached hydrogens (primary N) is 1. The molecular formula is C20H23ClN9O11P. The lowest BCUT2D eigenvalue weighted by atomic mass is 10.1. The summed E-state index contributed by atoms with van der Waals surface area (Å²) >= 11 is 6.01. The fourth-order valence-electron chi connectivity index (χ4n) is 4.79. The van der Waals surface area contributed by atoms with Crippen molar-refractivity contribution >= 4 is 47.7 Å². The number of aliphatic hydroxyl groups excluding tert-OH is 4. The number of imidazole rings is 2. The van der Waals surface area contributed by atoms with Gasteiger partial charge < -0.3 is 40.5 Å². The Morgan fingerprint density at radius 1 is 1.00 bits per heavy atom. The summed E-state index contributed by atoms with van der Waals surface area (Å²) in [5.74, 6) is -0.255. The van der Waals surface area contributed by atoms with E-state index in [-0.39, 0.29) is 33.4 Å². The van der Waals surface area contributed by atoms with Crippen LogP contribution in [0.3, 0.4) is 0 Å². The molecule has 4 aromatic heterocycles. The molecule has 0 aliphatic carbocycles. The lowest BCUT2D eigenvalue weighted by Crippen LogP contribution is -2.36. The molecule has 4 aromatic rings. The van der Waals surface area contributed by atoms with E-state index in [2.05, 4.69) is 29.9 Å². The van der Waals surface area contributed by atoms with Gasteiger partial charge in [0.05, 0.1) is 25.9 Å². The zero-order valence-electron chi connectivity index (χ0n) is 21.0. The number of anilines is 1. The number of halogens is 1. The molecule has 2 fully saturated rings. The van der Waals surface area contributed by atoms with Gasteiger partial charge in [-0.05, 0) is 0 Å². The molecule has 8 N–H and O–H groups in total. The van der Waals surface area contributed by atoms with Gasteiger partial charge in [0.2, 0.25) is 5.95 Å². The van der Waals surface area contributed by atoms with Gasteiger partial charge in [-0.3, -0.25) is 28.0 Å². The molecule has 2 aliphatic heterocycles. The van der Waals surface area contributed by atoms with E-state index in [1.165, 1.54) is 17.2 Å². The van der Waals surface area contributed by atoms with Crippen molar-refractivity contribution in [2.45, 2.75) is 49.1 Å². The maximum Gasteiger partial charge on any atom is 0.472 e. The molecule has 22 heteroatoms. The number of hydrogen-bond donors (Lipinski definition) is 7. The third-order valence-electron chi connectivity index (χ3n) is 6.80. The number of aromatic nitrogens is 8. The second-order valence-electron chi connectivity index (χ2n) is 9.38. The van der Waals surface area contributed by atoms with Gasteiger partial charge in [-0.25, -0.2) is 24.5 Å². The lowest BCUT2D eigenvalue weighted by Gasteiger charge is -2.24. The van der Waals surface area contributed by atoms with Gasteiger partial charge in [0, 0.05) is 0 Å². The number of ether oxygens (including phenoxy) is 2. The van der Waals surface area contributed by atoms with Crippen molar-refractivity contribution in [2.75, 3.05) is 18.9 Å². The monoisotopic (exact) mass is 631 g/mol. The highest BCUT2D eigenvalue weighted by atomic mass is 35.5. The highest BCUT2D eigenvalue weighted by molar-refractivity contribution is 7.47. The van der Waals surface area contributed by atoms with Gasteiger partial charge in [0.15, 0.2) is 34.4 Å². The SMILES string of the molecule is Nc1nc2c(ncn2[C@@H]2OC(CO)[C@@H](O)[C@H]2OP(=O)(O)OC[C@H]2O[C@@H](n3cnc4c(Cl)ncnc43)[C@H](O)[C@@H]2O)c(=O)[nH]1. The van der Waals surface area contributed by atoms with Crippen LogP contribution in [-0.4, -0.2) is 114 Å². The molecule has 0 amide bonds. The van der Waals surface area contributed by atoms with Crippen LogP contribution in [0.25, 0.3) is 22.3 Å². The van der Waals surface area contributed by atoms with Crippen LogP contribution in [0.15, 0.2) is 23.8 Å². The number of aromatic amines is 1. The van der Waals surface area contributed by atoms with Crippen LogP contribution in [0.4, 0.5) is 5.95 Å². The van der Waals surface area contributed by atoms with Crippen molar-refractivity contribution in [3.05, 3.63) is 34.5 Å². The Morgan fingerprint density at radius 3 is 2.43 bits per heavy atom. The second-order valence-corrected chi connectivity index (χ2v) is 11.1. The highest BCUT2D eigenvalue weighted by Gasteiger charge is 2.50. The standard InChI is InChI=1S/C20H23ClN9O11P/c21-14-8-15(24-3-23-14)29(4-25-8)18-12(34)10(32)7(40-18)2-38-42(36,37)41-13-11(33)6(1-31)39-19(13)30-5-26-9-16(30)27-20(22)28-17(9)35/h3-7,10-13,18-19,31-34H,1-2H2,(H,36,37)(H3,22,27,28,35)/t6?,7-,10-,11-,12-,13-,18-,19-/m1/s1. The minimum atomic E-state index is -5.06. The number of aliphatic hydroxyl groups is 4. The second kappa shape index (κ2) is 10.8. The molecule has 0 saturated carbocycles. The largest absolute Gasteiger partial charge is 0.472 e. The number of nitrogens with one attached hydrogen (secondary N) is 1. The van der Waals surface area contributed by atoms with Crippen molar-refractivity contribution < 1.29 is 48.4 Å². The molecule has 0 radical (unpaired) electrons. The van der Waals surface area contributed by atoms with E-state index in [4.69, 9.17) is 35.9 Å². The third-order valence-corrected chi connectivity index (χ3v) is 8.06. The predicted molar refractivity (Wildman–Crippen MR) is 136 cm³/mol. The van der Waals surface area contributed by atoms with Crippen LogP contribution < -0.4 is 11.3 Å². The maximum atomic E-state index is 13.0. The third kappa shape index (κ3) is 4.95. The van der Waals surface area contributed by atoms with Gasteiger partial charge >= 0.3 is 7.82 Å². The van der Waals surface area contributed by atoms with Crippen molar-refractivity contribution in [1.82, 2.24) is 39.0 Å². The first-order chi connectivity index (χ1) is 20.0. The Kier molecular flexibility index (Phi) is 7.48. The summed E-state index contributed by atoms with van der Waals surface area (Å²) in [5, 5.41) is 41.6. The van der Waals surface area contributed by atoms with Gasteiger partial charge in [-0.1, -0.05) is 11.6 Å². The van der Waals surface area contributed by atoms with E-state index in [1.807, 2.05) is 0 Å². The van der Waals surface area contributed by atoms with Crippen LogP contribution in [-0.2, 0) is 23.1 Å². The summed E-state index contributed by atoms with van der Waals surface area (Å²) in [7, 11) is -5.06. The predicted octanol–water partition coefficient (Wildman–Crippen LogP) is -2.43. The number of hydrogen-bond acceptors (Lipinski definition) is 16. The van der Waals surface area contributed by atoms with E-state index < -0.39 is 75.7 Å². The summed E-state index contributed by atoms with van der Waals surface area (Å²) in [6.45, 7) is -1.44. The molecule has 9 atom stereocenters. The summed E-state index contributed by atoms with van der Waals surface area (Å²) in [5.41, 5.74) is 5.15. The number of phosphoric acid groups is 1. The van der Waals surface area contributed by atoms with Crippen molar-refractivity contribution in [3.8, 4) is 0 Å². The molecule has 226 valence electrons. The van der Waals surface area contributed by atoms with E-state index in [0.717, 1.165) is 10.9 Å². The number of nitrogens with zero attached hydrogens (tertiary/aromatic N) is 7. The minimum absolute atomic E-state index is 0.0552. The minimum Gasteiger partial charge on any atom is -0.394 e. The smallest absolute Gasteiger partial charge is 0.394 e. The molecule has 0 spiro atoms. The molecule has 0 bridgehead atoms. The maximum absolute atomic E-state index is 13.0. The topological polar surface area (TPSA) is 288 Å². The Labute approximate surface area is 237 Å². The average Bonchev–Trinajstić information content (AvgIpc) is 3.69. The molecule has 6 rings (SSSR count). The van der Waals surface area contributed by atoms with E-state index in [1.54, 1.807) is 0 Å². The van der Waals surface area contributed by atoms with Crippen molar-refractivity contribution in [2.24, 2.45) is 0 Å². The molecule has 42 heavy (non-hydrogen) atoms. The zero-order chi connectivity index (χ0) is 29.9. The first-order valence-corrected chi connectivity index (χ1v) is 14.0. The molecule has 0 aromatic carbocycles. The number of nitrogen functional groups attached to an aromatic ring is 1. The first-order valence-electron chi connectivity index (χ1n) is 12.2. The first kappa shape index (κ1) is 29.0. The molecular weight excluding hydrogens is 609 g/mol. The number of fused-ring (bicyclic) bond motifs is 2. The molecule has 2 aliphatic rings. The summed E-state index contributed by atoms with van der Waals surface area (Å²) in [6, 6.07) is 0. The Hall–Kier alpha value is -3.14. The molecule has 6 heterocycles. The van der Waals surface area contributed by atoms with E-state index in [0.29, 0.717) is 0 Å². The van der Waals surface area contributed by atoms with Crippen molar-refractivity contribution in [1.29, 1.82) is 0 Å². The molecule has 20 nitrogen and oxygen atoms in total. The van der Waals surface area contributed by atoms with Crippen LogP contribution in [0.1, 0.15) is 12.5 Å². The summed E-state index contributed by atoms with van der Waals surface area (Å²) in [6.07, 6.45) is -8.08. The van der Waals surface area contributed by atoms with Gasteiger partial charge in [0.25, 0.3) is 5.56 Å². The van der Waals surface area contributed by atoms with Crippen LogP contribution >= 0.6 is 19.4 Å². The quantitative estimate of drug-likeness (QED) is 0.0785. The fourth-order valence-corrected chi connectivity index (χ4v) is 5.90. The summed E-state index contributed by atoms with van der Waals surface area (Å²) < 4.78 is 37.0. The molecule has 2 unspecified atom stereocenters. The van der Waals surface area contributed by atoms with Gasteiger partial charge in [-0.15, -0.1) is 0 Å². The van der Waals surface area contributed by atoms with Crippen LogP contribution in [0.2, 0.25) is 5.15 Å². The van der Waals surface area contributed by atoms with Gasteiger partial charge in [0.1, 0.15) is 48.5 Å². The van der Waals surface area contributed by atoms with Crippen molar-refractivity contribution in [3.63, 3.8) is 0 Å². The lowest BCUT2D eigenvalue weighted by molar-refractivity contribution is -0.0615. The number of rotatable bonds is 8. The zero-order valence-corrected chi connectivity index (χ0v) is 22.6. The summed E-state index contributed by atoms with van der Waals surface area (Å²) in [4.78, 5) is 44.8. The average molecular weight is 632 g/mol. The Balaban J connectivity index is 1.19.